The molecule has 0 saturated heterocycles. The van der Waals surface area contributed by atoms with E-state index < -0.39 is 0 Å². The predicted octanol–water partition coefficient (Wildman–Crippen LogP) is 4.43. The van der Waals surface area contributed by atoms with Crippen molar-refractivity contribution in [2.24, 2.45) is 0 Å². The van der Waals surface area contributed by atoms with Crippen LogP contribution in [0.1, 0.15) is 11.1 Å². The van der Waals surface area contributed by atoms with Crippen molar-refractivity contribution in [3.05, 3.63) is 90.0 Å². The van der Waals surface area contributed by atoms with Gasteiger partial charge in [-0.25, -0.2) is 12.1 Å². The summed E-state index contributed by atoms with van der Waals surface area (Å²) >= 11 is 1.30. The fourth-order valence-electron chi connectivity index (χ4n) is 2.32. The first-order valence-electron chi connectivity index (χ1n) is 6.55. The number of hydrogen-bond acceptors (Lipinski definition) is 0. The van der Waals surface area contributed by atoms with Crippen molar-refractivity contribution in [2.75, 3.05) is 0 Å². The van der Waals surface area contributed by atoms with Gasteiger partial charge in [0.15, 0.2) is 0 Å². The van der Waals surface area contributed by atoms with Crippen molar-refractivity contribution in [3.8, 4) is 11.1 Å². The zero-order valence-electron chi connectivity index (χ0n) is 11.3. The largest absolute Gasteiger partial charge is 0.214 e. The minimum absolute atomic E-state index is 1.05. The molecule has 0 bridgehead atoms. The molecule has 0 fully saturated rings. The Morgan fingerprint density at radius 3 is 2.30 bits per heavy atom. The van der Waals surface area contributed by atoms with Gasteiger partial charge >= 0.3 is 28.4 Å². The van der Waals surface area contributed by atoms with Gasteiger partial charge in [-0.3, -0.25) is 0 Å². The van der Waals surface area contributed by atoms with E-state index in [0.717, 1.165) is 6.42 Å². The van der Waals surface area contributed by atoms with Gasteiger partial charge in [0.25, 0.3) is 0 Å². The SMILES string of the molecule is [CH2]=[Zr+2].[c-]1cccc2c1Cc1ccccc1-2.c1cc[cH-]c1. The molecule has 0 aliphatic heterocycles. The molecule has 0 spiro atoms. The van der Waals surface area contributed by atoms with Crippen LogP contribution < -0.4 is 0 Å². The minimum atomic E-state index is 1.05. The number of benzene rings is 2. The molecule has 0 N–H and O–H groups in total. The van der Waals surface area contributed by atoms with E-state index >= 15 is 0 Å². The molecule has 0 radical (unpaired) electrons. The maximum absolute atomic E-state index is 3.34. The quantitative estimate of drug-likeness (QED) is 0.417. The minimum Gasteiger partial charge on any atom is -0.214 e. The molecular weight excluding hydrogens is 319 g/mol. The van der Waals surface area contributed by atoms with Gasteiger partial charge in [0.1, 0.15) is 0 Å². The summed E-state index contributed by atoms with van der Waals surface area (Å²) in [7, 11) is 0. The van der Waals surface area contributed by atoms with Gasteiger partial charge in [-0.15, -0.1) is 5.56 Å². The zero-order chi connectivity index (χ0) is 14.2. The van der Waals surface area contributed by atoms with E-state index in [1.807, 2.05) is 36.4 Å². The van der Waals surface area contributed by atoms with Gasteiger partial charge in [0.05, 0.1) is 0 Å². The first-order valence-corrected chi connectivity index (χ1v) is 8.29. The number of rotatable bonds is 0. The topological polar surface area (TPSA) is 0 Å². The first-order chi connectivity index (χ1) is 9.95. The Kier molecular flexibility index (Phi) is 5.95. The van der Waals surface area contributed by atoms with Gasteiger partial charge in [0, 0.05) is 0 Å². The zero-order valence-corrected chi connectivity index (χ0v) is 13.8. The second kappa shape index (κ2) is 7.97. The molecule has 0 unspecified atom stereocenters. The van der Waals surface area contributed by atoms with Crippen LogP contribution in [0.4, 0.5) is 0 Å². The molecule has 20 heavy (non-hydrogen) atoms. The average molecular weight is 336 g/mol. The molecule has 1 aliphatic rings. The van der Waals surface area contributed by atoms with Gasteiger partial charge < -0.3 is 0 Å². The Morgan fingerprint density at radius 1 is 0.900 bits per heavy atom. The van der Waals surface area contributed by atoms with Crippen molar-refractivity contribution < 1.29 is 24.2 Å². The van der Waals surface area contributed by atoms with E-state index in [4.69, 9.17) is 0 Å². The van der Waals surface area contributed by atoms with Crippen molar-refractivity contribution in [3.63, 3.8) is 0 Å². The van der Waals surface area contributed by atoms with Crippen LogP contribution in [0.15, 0.2) is 72.8 Å². The van der Waals surface area contributed by atoms with Crippen molar-refractivity contribution in [1.29, 1.82) is 0 Å². The summed E-state index contributed by atoms with van der Waals surface area (Å²) in [5.41, 5.74) is 5.51. The van der Waals surface area contributed by atoms with Crippen LogP contribution in [0.2, 0.25) is 0 Å². The summed E-state index contributed by atoms with van der Waals surface area (Å²) in [6.45, 7) is 0. The van der Waals surface area contributed by atoms with Crippen molar-refractivity contribution in [2.45, 2.75) is 6.42 Å². The molecule has 0 heterocycles. The van der Waals surface area contributed by atoms with Crippen molar-refractivity contribution in [1.82, 2.24) is 0 Å². The molecule has 0 amide bonds. The Hall–Kier alpha value is -1.46. The first kappa shape index (κ1) is 14.9. The Balaban J connectivity index is 0.000000177. The van der Waals surface area contributed by atoms with E-state index in [2.05, 4.69) is 46.7 Å². The molecule has 3 aromatic rings. The Morgan fingerprint density at radius 2 is 1.60 bits per heavy atom. The van der Waals surface area contributed by atoms with Crippen LogP contribution in [0.5, 0.6) is 0 Å². The molecule has 0 saturated carbocycles. The van der Waals surface area contributed by atoms with Gasteiger partial charge in [0.2, 0.25) is 0 Å². The van der Waals surface area contributed by atoms with E-state index in [0.29, 0.717) is 0 Å². The van der Waals surface area contributed by atoms with Crippen LogP contribution in [-0.2, 0) is 30.7 Å². The normalized spacial score (nSPS) is 10.3. The second-order valence-electron chi connectivity index (χ2n) is 4.36. The van der Waals surface area contributed by atoms with Crippen LogP contribution in [0.25, 0.3) is 11.1 Å². The molecule has 1 aliphatic carbocycles. The van der Waals surface area contributed by atoms with Gasteiger partial charge in [-0.2, -0.15) is 48.0 Å². The van der Waals surface area contributed by atoms with Gasteiger partial charge in [-0.1, -0.05) is 35.4 Å². The summed E-state index contributed by atoms with van der Waals surface area (Å²) in [6, 6.07) is 28.1. The molecule has 4 rings (SSSR count). The molecule has 0 atom stereocenters. The summed E-state index contributed by atoms with van der Waals surface area (Å²) < 4.78 is 3.34. The number of fused-ring (bicyclic) bond motifs is 3. The van der Waals surface area contributed by atoms with Gasteiger partial charge in [-0.05, 0) is 6.42 Å². The molecule has 0 aromatic heterocycles. The average Bonchev–Trinajstić information content (AvgIpc) is 3.20. The van der Waals surface area contributed by atoms with Crippen LogP contribution in [-0.4, -0.2) is 4.21 Å². The van der Waals surface area contributed by atoms with Crippen molar-refractivity contribution >= 4 is 4.21 Å². The Bertz CT molecular complexity index is 578. The molecule has 96 valence electrons. The molecule has 0 nitrogen and oxygen atoms in total. The van der Waals surface area contributed by atoms with E-state index in [-0.39, 0.29) is 0 Å². The maximum atomic E-state index is 3.34. The van der Waals surface area contributed by atoms with Crippen LogP contribution >= 0.6 is 0 Å². The molecular formula is C19H16Zr. The number of hydrogen-bond donors (Lipinski definition) is 0. The Labute approximate surface area is 135 Å². The third-order valence-corrected chi connectivity index (χ3v) is 3.17. The smallest absolute Gasteiger partial charge is 0.0253 e. The summed E-state index contributed by atoms with van der Waals surface area (Å²) in [4.78, 5) is 0. The summed E-state index contributed by atoms with van der Waals surface area (Å²) in [5.74, 6) is 0. The third kappa shape index (κ3) is 3.55. The summed E-state index contributed by atoms with van der Waals surface area (Å²) in [6.07, 6.45) is 1.05. The summed E-state index contributed by atoms with van der Waals surface area (Å²) in [5, 5.41) is 0. The third-order valence-electron chi connectivity index (χ3n) is 3.17. The fraction of sp³-hybridized carbons (Fsp3) is 0.0526. The van der Waals surface area contributed by atoms with Crippen LogP contribution in [0, 0.1) is 6.07 Å². The predicted molar refractivity (Wildman–Crippen MR) is 82.7 cm³/mol. The standard InChI is InChI=1S/C13H9.C5H5.CH2.Zr/c1-3-7-12-10(5-1)9-11-6-2-4-8-13(11)12;1-2-4-5-3-1;;/h1-5,7-8H,9H2;1-5H;1H2;/q2*-1;;+2. The maximum Gasteiger partial charge on any atom is -0.0253 e. The van der Waals surface area contributed by atoms with E-state index in [1.165, 1.54) is 46.5 Å². The van der Waals surface area contributed by atoms with E-state index in [9.17, 15) is 0 Å². The fourth-order valence-corrected chi connectivity index (χ4v) is 2.32. The second-order valence-corrected chi connectivity index (χ2v) is 4.36. The molecule has 3 aromatic carbocycles. The molecule has 1 heteroatoms. The van der Waals surface area contributed by atoms with E-state index in [1.54, 1.807) is 0 Å². The monoisotopic (exact) mass is 334 g/mol. The van der Waals surface area contributed by atoms with Crippen LogP contribution in [0.3, 0.4) is 0 Å².